The lowest BCUT2D eigenvalue weighted by Gasteiger charge is -2.30. The summed E-state index contributed by atoms with van der Waals surface area (Å²) < 4.78 is 10.7. The van der Waals surface area contributed by atoms with E-state index in [0.29, 0.717) is 36.9 Å². The molecule has 1 aliphatic heterocycles. The highest BCUT2D eigenvalue weighted by molar-refractivity contribution is 6.43. The fraction of sp³-hybridized carbons (Fsp3) is 0.300. The molecule has 2 amide bonds. The number of ether oxygens (including phenoxy) is 2. The van der Waals surface area contributed by atoms with Gasteiger partial charge in [0.2, 0.25) is 0 Å². The van der Waals surface area contributed by atoms with Crippen molar-refractivity contribution in [3.8, 4) is 5.75 Å². The maximum absolute atomic E-state index is 12.3. The molecule has 1 saturated heterocycles. The normalized spacial score (nSPS) is 13.7. The molecule has 3 rings (SSSR count). The van der Waals surface area contributed by atoms with Crippen molar-refractivity contribution in [1.82, 2.24) is 0 Å². The second kappa shape index (κ2) is 9.05. The lowest BCUT2D eigenvalue weighted by molar-refractivity contribution is -0.132. The van der Waals surface area contributed by atoms with Crippen LogP contribution in [-0.2, 0) is 14.3 Å². The molecule has 0 aliphatic carbocycles. The van der Waals surface area contributed by atoms with Crippen molar-refractivity contribution in [1.29, 1.82) is 0 Å². The van der Waals surface area contributed by atoms with Crippen LogP contribution in [0.15, 0.2) is 48.5 Å². The number of carbonyl (C=O) groups is 2. The van der Waals surface area contributed by atoms with Gasteiger partial charge in [0, 0.05) is 18.8 Å². The van der Waals surface area contributed by atoms with E-state index in [2.05, 4.69) is 15.5 Å². The molecule has 7 nitrogen and oxygen atoms in total. The van der Waals surface area contributed by atoms with Crippen molar-refractivity contribution in [2.24, 2.45) is 0 Å². The van der Waals surface area contributed by atoms with Crippen molar-refractivity contribution in [3.63, 3.8) is 0 Å². The van der Waals surface area contributed by atoms with Crippen molar-refractivity contribution in [2.45, 2.75) is 6.92 Å². The van der Waals surface area contributed by atoms with Gasteiger partial charge in [-0.25, -0.2) is 0 Å². The zero-order valence-electron chi connectivity index (χ0n) is 15.2. The third-order valence-corrected chi connectivity index (χ3v) is 4.13. The Kier molecular flexibility index (Phi) is 6.27. The van der Waals surface area contributed by atoms with Crippen molar-refractivity contribution in [3.05, 3.63) is 48.5 Å². The molecule has 0 atom stereocenters. The summed E-state index contributed by atoms with van der Waals surface area (Å²) in [5, 5.41) is 5.29. The first-order valence-corrected chi connectivity index (χ1v) is 8.94. The first-order valence-electron chi connectivity index (χ1n) is 8.94. The number of morpholine rings is 1. The van der Waals surface area contributed by atoms with Gasteiger partial charge in [-0.3, -0.25) is 9.59 Å². The van der Waals surface area contributed by atoms with Gasteiger partial charge in [-0.1, -0.05) is 12.1 Å². The maximum atomic E-state index is 12.3. The fourth-order valence-electron chi connectivity index (χ4n) is 2.83. The van der Waals surface area contributed by atoms with Gasteiger partial charge in [-0.2, -0.15) is 0 Å². The number of rotatable bonds is 5. The lowest BCUT2D eigenvalue weighted by atomic mass is 10.2. The first kappa shape index (κ1) is 18.7. The van der Waals surface area contributed by atoms with E-state index >= 15 is 0 Å². The third-order valence-electron chi connectivity index (χ3n) is 4.13. The Balaban J connectivity index is 1.63. The molecular weight excluding hydrogens is 346 g/mol. The number of anilines is 3. The summed E-state index contributed by atoms with van der Waals surface area (Å²) >= 11 is 0. The Bertz CT molecular complexity index is 786. The molecule has 1 aliphatic rings. The maximum Gasteiger partial charge on any atom is 0.314 e. The van der Waals surface area contributed by atoms with Gasteiger partial charge in [0.1, 0.15) is 5.75 Å². The number of hydrogen-bond donors (Lipinski definition) is 2. The molecule has 0 aromatic heterocycles. The summed E-state index contributed by atoms with van der Waals surface area (Å²) in [6.07, 6.45) is 0. The van der Waals surface area contributed by atoms with Gasteiger partial charge in [0.05, 0.1) is 31.2 Å². The molecule has 1 fully saturated rings. The van der Waals surface area contributed by atoms with Crippen molar-refractivity contribution in [2.75, 3.05) is 48.4 Å². The average molecular weight is 369 g/mol. The van der Waals surface area contributed by atoms with E-state index in [-0.39, 0.29) is 0 Å². The van der Waals surface area contributed by atoms with Crippen molar-refractivity contribution < 1.29 is 19.1 Å². The number of carbonyl (C=O) groups excluding carboxylic acids is 2. The first-order chi connectivity index (χ1) is 13.2. The van der Waals surface area contributed by atoms with Crippen LogP contribution in [0.3, 0.4) is 0 Å². The zero-order chi connectivity index (χ0) is 19.1. The quantitative estimate of drug-likeness (QED) is 0.792. The van der Waals surface area contributed by atoms with Crippen LogP contribution in [0.2, 0.25) is 0 Å². The summed E-state index contributed by atoms with van der Waals surface area (Å²) in [7, 11) is 0. The Hall–Kier alpha value is -3.06. The van der Waals surface area contributed by atoms with E-state index in [0.717, 1.165) is 18.8 Å². The Morgan fingerprint density at radius 2 is 1.67 bits per heavy atom. The average Bonchev–Trinajstić information content (AvgIpc) is 2.70. The van der Waals surface area contributed by atoms with E-state index in [9.17, 15) is 9.59 Å². The van der Waals surface area contributed by atoms with E-state index in [1.54, 1.807) is 30.3 Å². The largest absolute Gasteiger partial charge is 0.494 e. The number of benzene rings is 2. The summed E-state index contributed by atoms with van der Waals surface area (Å²) in [5.41, 5.74) is 2.01. The molecule has 0 radical (unpaired) electrons. The second-order valence-electron chi connectivity index (χ2n) is 5.98. The SMILES string of the molecule is CCOc1ccc(NC(=O)C(=O)Nc2ccccc2N2CCOCC2)cc1. The highest BCUT2D eigenvalue weighted by Crippen LogP contribution is 2.26. The van der Waals surface area contributed by atoms with Crippen LogP contribution < -0.4 is 20.3 Å². The molecule has 0 unspecified atom stereocenters. The minimum Gasteiger partial charge on any atom is -0.494 e. The molecule has 2 aromatic rings. The molecule has 0 spiro atoms. The van der Waals surface area contributed by atoms with Crippen LogP contribution in [-0.4, -0.2) is 44.7 Å². The van der Waals surface area contributed by atoms with Gasteiger partial charge in [-0.15, -0.1) is 0 Å². The van der Waals surface area contributed by atoms with Gasteiger partial charge in [-0.05, 0) is 43.3 Å². The molecule has 1 heterocycles. The van der Waals surface area contributed by atoms with Gasteiger partial charge in [0.15, 0.2) is 0 Å². The Morgan fingerprint density at radius 3 is 2.37 bits per heavy atom. The smallest absolute Gasteiger partial charge is 0.314 e. The molecule has 2 N–H and O–H groups in total. The summed E-state index contributed by atoms with van der Waals surface area (Å²) in [6, 6.07) is 14.3. The molecular formula is C20H23N3O4. The molecule has 2 aromatic carbocycles. The van der Waals surface area contributed by atoms with Crippen LogP contribution in [0.25, 0.3) is 0 Å². The highest BCUT2D eigenvalue weighted by Gasteiger charge is 2.19. The van der Waals surface area contributed by atoms with E-state index in [1.807, 2.05) is 25.1 Å². The minimum atomic E-state index is -0.726. The predicted octanol–water partition coefficient (Wildman–Crippen LogP) is 2.50. The van der Waals surface area contributed by atoms with Crippen LogP contribution in [0.4, 0.5) is 17.1 Å². The van der Waals surface area contributed by atoms with Gasteiger partial charge < -0.3 is 25.0 Å². The topological polar surface area (TPSA) is 79.9 Å². The lowest BCUT2D eigenvalue weighted by Crippen LogP contribution is -2.37. The standard InChI is InChI=1S/C20H23N3O4/c1-2-27-16-9-7-15(8-10-16)21-19(24)20(25)22-17-5-3-4-6-18(17)23-11-13-26-14-12-23/h3-10H,2,11-14H2,1H3,(H,21,24)(H,22,25). The van der Waals surface area contributed by atoms with E-state index < -0.39 is 11.8 Å². The van der Waals surface area contributed by atoms with Crippen molar-refractivity contribution >= 4 is 28.9 Å². The van der Waals surface area contributed by atoms with Crippen LogP contribution in [0, 0.1) is 0 Å². The number of nitrogens with zero attached hydrogens (tertiary/aromatic N) is 1. The highest BCUT2D eigenvalue weighted by atomic mass is 16.5. The number of amides is 2. The number of hydrogen-bond acceptors (Lipinski definition) is 5. The fourth-order valence-corrected chi connectivity index (χ4v) is 2.83. The number of para-hydroxylation sites is 2. The van der Waals surface area contributed by atoms with Gasteiger partial charge in [0.25, 0.3) is 0 Å². The van der Waals surface area contributed by atoms with E-state index in [1.165, 1.54) is 0 Å². The van der Waals surface area contributed by atoms with Gasteiger partial charge >= 0.3 is 11.8 Å². The molecule has 0 bridgehead atoms. The summed E-state index contributed by atoms with van der Waals surface area (Å²) in [4.78, 5) is 26.7. The minimum absolute atomic E-state index is 0.528. The molecule has 7 heteroatoms. The monoisotopic (exact) mass is 369 g/mol. The second-order valence-corrected chi connectivity index (χ2v) is 5.98. The molecule has 27 heavy (non-hydrogen) atoms. The van der Waals surface area contributed by atoms with Crippen LogP contribution >= 0.6 is 0 Å². The third kappa shape index (κ3) is 4.98. The van der Waals surface area contributed by atoms with Crippen LogP contribution in [0.5, 0.6) is 5.75 Å². The summed E-state index contributed by atoms with van der Waals surface area (Å²) in [6.45, 7) is 5.23. The Morgan fingerprint density at radius 1 is 1.00 bits per heavy atom. The molecule has 0 saturated carbocycles. The van der Waals surface area contributed by atoms with E-state index in [4.69, 9.17) is 9.47 Å². The zero-order valence-corrected chi connectivity index (χ0v) is 15.2. The molecule has 142 valence electrons. The van der Waals surface area contributed by atoms with Crippen LogP contribution in [0.1, 0.15) is 6.92 Å². The Labute approximate surface area is 158 Å². The predicted molar refractivity (Wildman–Crippen MR) is 104 cm³/mol. The number of nitrogens with one attached hydrogen (secondary N) is 2. The summed E-state index contributed by atoms with van der Waals surface area (Å²) in [5.74, 6) is -0.736.